The first kappa shape index (κ1) is 42.5. The molecule has 0 atom stereocenters. The van der Waals surface area contributed by atoms with Gasteiger partial charge in [0.05, 0.1) is 15.5 Å². The van der Waals surface area contributed by atoms with E-state index >= 15 is 0 Å². The van der Waals surface area contributed by atoms with Crippen LogP contribution in [0.2, 0.25) is 5.15 Å². The van der Waals surface area contributed by atoms with E-state index in [1.165, 1.54) is 63.3 Å². The van der Waals surface area contributed by atoms with Gasteiger partial charge < -0.3 is 25.2 Å². The van der Waals surface area contributed by atoms with E-state index in [1.54, 1.807) is 36.4 Å². The van der Waals surface area contributed by atoms with Crippen molar-refractivity contribution >= 4 is 66.0 Å². The Balaban J connectivity index is 0.000000208. The molecule has 2 saturated heterocycles. The molecule has 0 spiro atoms. The number of rotatable bonds is 12. The van der Waals surface area contributed by atoms with Gasteiger partial charge >= 0.3 is 6.36 Å². The predicted octanol–water partition coefficient (Wildman–Crippen LogP) is 7.89. The quantitative estimate of drug-likeness (QED) is 0.0905. The first-order valence-electron chi connectivity index (χ1n) is 18.3. The second-order valence-electron chi connectivity index (χ2n) is 13.3. The molecule has 0 amide bonds. The van der Waals surface area contributed by atoms with Gasteiger partial charge in [0, 0.05) is 66.6 Å². The normalized spacial score (nSPS) is 14.5. The van der Waals surface area contributed by atoms with E-state index in [4.69, 9.17) is 11.6 Å². The molecule has 2 fully saturated rings. The highest BCUT2D eigenvalue weighted by atomic mass is 35.5. The van der Waals surface area contributed by atoms with Crippen LogP contribution in [0.25, 0.3) is 11.3 Å². The van der Waals surface area contributed by atoms with Crippen LogP contribution >= 0.6 is 11.6 Å². The number of aromatic nitrogens is 2. The lowest BCUT2D eigenvalue weighted by molar-refractivity contribution is -0.274. The van der Waals surface area contributed by atoms with Crippen LogP contribution in [0.5, 0.6) is 5.75 Å². The standard InChI is InChI=1S/C23H23F3N4O3S.C16H19ClN4O2S/c1-27-34(31,32)20-10-6-17(7-11-20)28-22-15-18(30-12-2-3-13-30)14-21(29-22)16-4-8-19(9-5-16)33-23(24,25)26;1-18-24(22,23)14-6-4-12(5-7-14)19-16-11-13(10-15(17)20-16)21-8-2-3-9-21/h4-11,14-15,27H,2-3,12-13H2,1H3,(H,28,29);4-7,10-11,18H,2-3,8-9H2,1H3,(H,19,20). The summed E-state index contributed by atoms with van der Waals surface area (Å²) in [6.45, 7) is 3.85. The molecular formula is C39H42ClF3N8O5S2. The van der Waals surface area contributed by atoms with Crippen molar-refractivity contribution in [2.24, 2.45) is 0 Å². The van der Waals surface area contributed by atoms with E-state index in [-0.39, 0.29) is 15.5 Å². The molecule has 58 heavy (non-hydrogen) atoms. The number of ether oxygens (including phenoxy) is 1. The smallest absolute Gasteiger partial charge is 0.406 e. The number of hydrogen-bond donors (Lipinski definition) is 4. The minimum Gasteiger partial charge on any atom is -0.406 e. The average Bonchev–Trinajstić information content (AvgIpc) is 3.95. The largest absolute Gasteiger partial charge is 0.573 e. The molecule has 2 aromatic heterocycles. The summed E-state index contributed by atoms with van der Waals surface area (Å²) in [4.78, 5) is 13.8. The molecule has 308 valence electrons. The van der Waals surface area contributed by atoms with Crippen LogP contribution < -0.4 is 34.6 Å². The lowest BCUT2D eigenvalue weighted by Crippen LogP contribution is -2.18. The third-order valence-electron chi connectivity index (χ3n) is 9.33. The number of nitrogens with one attached hydrogen (secondary N) is 4. The maximum atomic E-state index is 12.5. The predicted molar refractivity (Wildman–Crippen MR) is 220 cm³/mol. The molecule has 2 aliphatic rings. The molecule has 3 aromatic carbocycles. The number of benzene rings is 3. The highest BCUT2D eigenvalue weighted by molar-refractivity contribution is 7.89. The topological polar surface area (TPSA) is 158 Å². The van der Waals surface area contributed by atoms with Gasteiger partial charge in [0.25, 0.3) is 0 Å². The summed E-state index contributed by atoms with van der Waals surface area (Å²) >= 11 is 6.13. The molecule has 0 bridgehead atoms. The number of halogens is 4. The van der Waals surface area contributed by atoms with Gasteiger partial charge in [-0.25, -0.2) is 36.2 Å². The number of sulfonamides is 2. The fraction of sp³-hybridized carbons (Fsp3) is 0.282. The summed E-state index contributed by atoms with van der Waals surface area (Å²) in [6, 6.07) is 25.9. The Labute approximate surface area is 340 Å². The number of nitrogens with zero attached hydrogens (tertiary/aromatic N) is 4. The second kappa shape index (κ2) is 18.2. The van der Waals surface area contributed by atoms with Gasteiger partial charge in [0.2, 0.25) is 20.0 Å². The molecule has 4 N–H and O–H groups in total. The molecule has 13 nitrogen and oxygen atoms in total. The minimum atomic E-state index is -4.76. The number of alkyl halides is 3. The molecule has 0 aliphatic carbocycles. The fourth-order valence-corrected chi connectivity index (χ4v) is 8.05. The van der Waals surface area contributed by atoms with Gasteiger partial charge in [-0.2, -0.15) is 0 Å². The van der Waals surface area contributed by atoms with Crippen molar-refractivity contribution in [2.75, 3.05) is 60.7 Å². The van der Waals surface area contributed by atoms with Crippen molar-refractivity contribution in [1.82, 2.24) is 19.4 Å². The van der Waals surface area contributed by atoms with E-state index in [1.807, 2.05) is 24.3 Å². The lowest BCUT2D eigenvalue weighted by atomic mass is 10.1. The molecule has 0 unspecified atom stereocenters. The minimum absolute atomic E-state index is 0.140. The van der Waals surface area contributed by atoms with Gasteiger partial charge in [0.15, 0.2) is 0 Å². The first-order valence-corrected chi connectivity index (χ1v) is 21.6. The van der Waals surface area contributed by atoms with Crippen molar-refractivity contribution < 1.29 is 34.7 Å². The lowest BCUT2D eigenvalue weighted by Gasteiger charge is -2.20. The maximum absolute atomic E-state index is 12.5. The van der Waals surface area contributed by atoms with Crippen molar-refractivity contribution in [3.8, 4) is 17.0 Å². The monoisotopic (exact) mass is 858 g/mol. The van der Waals surface area contributed by atoms with Crippen LogP contribution in [0, 0.1) is 0 Å². The highest BCUT2D eigenvalue weighted by Gasteiger charge is 2.31. The summed E-state index contributed by atoms with van der Waals surface area (Å²) in [5, 5.41) is 6.79. The van der Waals surface area contributed by atoms with E-state index in [0.29, 0.717) is 33.7 Å². The highest BCUT2D eigenvalue weighted by Crippen LogP contribution is 2.32. The molecule has 0 radical (unpaired) electrons. The zero-order valence-corrected chi connectivity index (χ0v) is 33.9. The van der Waals surface area contributed by atoms with Gasteiger partial charge in [-0.15, -0.1) is 13.2 Å². The summed E-state index contributed by atoms with van der Waals surface area (Å²) in [5.41, 5.74) is 4.58. The van der Waals surface area contributed by atoms with Crippen LogP contribution in [0.1, 0.15) is 25.7 Å². The van der Waals surface area contributed by atoms with Crippen LogP contribution in [0.15, 0.2) is 107 Å². The Hall–Kier alpha value is -5.14. The third-order valence-corrected chi connectivity index (χ3v) is 12.4. The van der Waals surface area contributed by atoms with E-state index in [0.717, 1.165) is 56.1 Å². The van der Waals surface area contributed by atoms with Gasteiger partial charge in [-0.05, 0) is 125 Å². The Kier molecular flexibility index (Phi) is 13.3. The molecule has 0 saturated carbocycles. The number of anilines is 6. The first-order chi connectivity index (χ1) is 27.6. The maximum Gasteiger partial charge on any atom is 0.573 e. The Morgan fingerprint density at radius 2 is 1.05 bits per heavy atom. The van der Waals surface area contributed by atoms with E-state index < -0.39 is 26.4 Å². The Bertz CT molecular complexity index is 2400. The Morgan fingerprint density at radius 3 is 1.48 bits per heavy atom. The van der Waals surface area contributed by atoms with Crippen molar-refractivity contribution in [3.05, 3.63) is 102 Å². The summed E-state index contributed by atoms with van der Waals surface area (Å²) in [7, 11) is -4.25. The zero-order chi connectivity index (χ0) is 41.5. The van der Waals surface area contributed by atoms with Crippen LogP contribution in [-0.2, 0) is 20.0 Å². The van der Waals surface area contributed by atoms with Gasteiger partial charge in [-0.3, -0.25) is 0 Å². The van der Waals surface area contributed by atoms with Crippen molar-refractivity contribution in [1.29, 1.82) is 0 Å². The van der Waals surface area contributed by atoms with Crippen LogP contribution in [0.4, 0.5) is 47.6 Å². The van der Waals surface area contributed by atoms with Crippen molar-refractivity contribution in [3.63, 3.8) is 0 Å². The summed E-state index contributed by atoms with van der Waals surface area (Å²) in [6.07, 6.45) is -0.237. The van der Waals surface area contributed by atoms with Crippen molar-refractivity contribution in [2.45, 2.75) is 41.8 Å². The molecule has 7 rings (SSSR count). The molecule has 5 aromatic rings. The third kappa shape index (κ3) is 11.3. The number of pyridine rings is 2. The van der Waals surface area contributed by atoms with Gasteiger partial charge in [-0.1, -0.05) is 11.6 Å². The van der Waals surface area contributed by atoms with E-state index in [2.05, 4.69) is 44.6 Å². The summed E-state index contributed by atoms with van der Waals surface area (Å²) < 4.78 is 93.3. The fourth-order valence-electron chi connectivity index (χ4n) is 6.38. The van der Waals surface area contributed by atoms with E-state index in [9.17, 15) is 30.0 Å². The SMILES string of the molecule is CNS(=O)(=O)c1ccc(Nc2cc(N3CCCC3)cc(-c3ccc(OC(F)(F)F)cc3)n2)cc1.CNS(=O)(=O)c1ccc(Nc2cc(N3CCCC3)cc(Cl)n2)cc1. The van der Waals surface area contributed by atoms with Gasteiger partial charge in [0.1, 0.15) is 22.5 Å². The molecule has 19 heteroatoms. The number of hydrogen-bond acceptors (Lipinski definition) is 11. The molecular weight excluding hydrogens is 817 g/mol. The van der Waals surface area contributed by atoms with Crippen LogP contribution in [-0.4, -0.2) is 73.4 Å². The molecule has 2 aliphatic heterocycles. The zero-order valence-electron chi connectivity index (χ0n) is 31.6. The summed E-state index contributed by atoms with van der Waals surface area (Å²) in [5.74, 6) is 0.856. The second-order valence-corrected chi connectivity index (χ2v) is 17.5. The molecule has 4 heterocycles. The Morgan fingerprint density at radius 1 is 0.621 bits per heavy atom. The average molecular weight is 859 g/mol. The van der Waals surface area contributed by atoms with Crippen LogP contribution in [0.3, 0.4) is 0 Å².